The molecular weight excluding hydrogens is 391 g/mol. The molecule has 154 valence electrons. The second kappa shape index (κ2) is 8.14. The van der Waals surface area contributed by atoms with E-state index < -0.39 is 0 Å². The second-order valence-electron chi connectivity index (χ2n) is 7.75. The standard InChI is InChI=1S/C25H21FN4O/c26-21-12-6-17(7-13-21)16-30-24(19-4-2-1-3-5-19)28-23(29-30)18-10-14-22(15-11-18)27-25(31)20-8-9-20/h1-7,10-15,20H,8-9,16H2,(H,27,31). The predicted molar refractivity (Wildman–Crippen MR) is 118 cm³/mol. The van der Waals surface area contributed by atoms with Crippen molar-refractivity contribution in [2.75, 3.05) is 5.32 Å². The number of halogens is 1. The SMILES string of the molecule is O=C(Nc1ccc(-c2nc(-c3ccccc3)n(Cc3ccc(F)cc3)n2)cc1)C1CC1. The van der Waals surface area contributed by atoms with Gasteiger partial charge in [-0.25, -0.2) is 14.1 Å². The Morgan fingerprint density at radius 3 is 2.32 bits per heavy atom. The molecule has 1 aliphatic rings. The molecule has 6 heteroatoms. The largest absolute Gasteiger partial charge is 0.326 e. The molecule has 1 N–H and O–H groups in total. The van der Waals surface area contributed by atoms with E-state index in [4.69, 9.17) is 10.1 Å². The molecule has 3 aromatic carbocycles. The van der Waals surface area contributed by atoms with E-state index in [-0.39, 0.29) is 17.6 Å². The Morgan fingerprint density at radius 2 is 1.65 bits per heavy atom. The van der Waals surface area contributed by atoms with Crippen LogP contribution in [0.2, 0.25) is 0 Å². The van der Waals surface area contributed by atoms with E-state index in [1.54, 1.807) is 12.1 Å². The molecule has 1 amide bonds. The molecule has 1 aromatic heterocycles. The van der Waals surface area contributed by atoms with Gasteiger partial charge in [0.25, 0.3) is 0 Å². The number of nitrogens with one attached hydrogen (secondary N) is 1. The molecule has 0 radical (unpaired) electrons. The highest BCUT2D eigenvalue weighted by molar-refractivity contribution is 5.94. The summed E-state index contributed by atoms with van der Waals surface area (Å²) in [5.74, 6) is 1.32. The zero-order chi connectivity index (χ0) is 21.2. The Kier molecular flexibility index (Phi) is 5.04. The molecule has 1 heterocycles. The van der Waals surface area contributed by atoms with Crippen LogP contribution in [0.25, 0.3) is 22.8 Å². The third-order valence-electron chi connectivity index (χ3n) is 5.31. The second-order valence-corrected chi connectivity index (χ2v) is 7.75. The minimum atomic E-state index is -0.264. The Bertz CT molecular complexity index is 1200. The number of benzene rings is 3. The minimum Gasteiger partial charge on any atom is -0.326 e. The normalized spacial score (nSPS) is 13.2. The fourth-order valence-corrected chi connectivity index (χ4v) is 3.43. The average molecular weight is 412 g/mol. The first kappa shape index (κ1) is 19.2. The van der Waals surface area contributed by atoms with E-state index >= 15 is 0 Å². The van der Waals surface area contributed by atoms with Gasteiger partial charge < -0.3 is 5.32 Å². The first-order valence-electron chi connectivity index (χ1n) is 10.3. The highest BCUT2D eigenvalue weighted by Gasteiger charge is 2.29. The third-order valence-corrected chi connectivity index (χ3v) is 5.31. The van der Waals surface area contributed by atoms with Crippen LogP contribution in [0, 0.1) is 11.7 Å². The van der Waals surface area contributed by atoms with Crippen LogP contribution in [-0.2, 0) is 11.3 Å². The smallest absolute Gasteiger partial charge is 0.227 e. The van der Waals surface area contributed by atoms with Crippen LogP contribution in [-0.4, -0.2) is 20.7 Å². The predicted octanol–water partition coefficient (Wildman–Crippen LogP) is 5.15. The molecule has 0 atom stereocenters. The van der Waals surface area contributed by atoms with Crippen LogP contribution in [0.3, 0.4) is 0 Å². The van der Waals surface area contributed by atoms with Gasteiger partial charge in [-0.05, 0) is 54.8 Å². The summed E-state index contributed by atoms with van der Waals surface area (Å²) in [7, 11) is 0. The van der Waals surface area contributed by atoms with Crippen molar-refractivity contribution in [2.24, 2.45) is 5.92 Å². The van der Waals surface area contributed by atoms with Gasteiger partial charge in [0, 0.05) is 22.7 Å². The highest BCUT2D eigenvalue weighted by Crippen LogP contribution is 2.30. The van der Waals surface area contributed by atoms with Gasteiger partial charge in [-0.15, -0.1) is 0 Å². The lowest BCUT2D eigenvalue weighted by Crippen LogP contribution is -2.12. The van der Waals surface area contributed by atoms with Crippen LogP contribution in [0.1, 0.15) is 18.4 Å². The first-order chi connectivity index (χ1) is 15.2. The molecule has 0 saturated heterocycles. The summed E-state index contributed by atoms with van der Waals surface area (Å²) in [6.45, 7) is 0.479. The molecule has 5 nitrogen and oxygen atoms in total. The van der Waals surface area contributed by atoms with Gasteiger partial charge in [0.2, 0.25) is 5.91 Å². The first-order valence-corrected chi connectivity index (χ1v) is 10.3. The molecule has 0 bridgehead atoms. The molecule has 1 fully saturated rings. The number of anilines is 1. The summed E-state index contributed by atoms with van der Waals surface area (Å²) < 4.78 is 15.1. The summed E-state index contributed by atoms with van der Waals surface area (Å²) in [4.78, 5) is 16.8. The number of carbonyl (C=O) groups excluding carboxylic acids is 1. The van der Waals surface area contributed by atoms with Gasteiger partial charge in [0.05, 0.1) is 6.54 Å². The molecule has 31 heavy (non-hydrogen) atoms. The van der Waals surface area contributed by atoms with E-state index in [9.17, 15) is 9.18 Å². The van der Waals surface area contributed by atoms with Crippen molar-refractivity contribution in [3.8, 4) is 22.8 Å². The zero-order valence-corrected chi connectivity index (χ0v) is 16.8. The maximum Gasteiger partial charge on any atom is 0.227 e. The summed E-state index contributed by atoms with van der Waals surface area (Å²) in [6.07, 6.45) is 1.95. The quantitative estimate of drug-likeness (QED) is 0.477. The third kappa shape index (κ3) is 4.38. The van der Waals surface area contributed by atoms with E-state index in [1.165, 1.54) is 12.1 Å². The fourth-order valence-electron chi connectivity index (χ4n) is 3.43. The number of aromatic nitrogens is 3. The van der Waals surface area contributed by atoms with Gasteiger partial charge in [0.1, 0.15) is 5.82 Å². The van der Waals surface area contributed by atoms with E-state index in [0.29, 0.717) is 12.4 Å². The van der Waals surface area contributed by atoms with Crippen molar-refractivity contribution in [1.29, 1.82) is 0 Å². The Labute approximate surface area is 179 Å². The van der Waals surface area contributed by atoms with E-state index in [2.05, 4.69) is 5.32 Å². The molecule has 1 aliphatic carbocycles. The average Bonchev–Trinajstić information content (AvgIpc) is 3.57. The molecule has 0 spiro atoms. The maximum atomic E-state index is 13.3. The number of rotatable bonds is 6. The summed E-state index contributed by atoms with van der Waals surface area (Å²) in [6, 6.07) is 23.8. The van der Waals surface area contributed by atoms with E-state index in [0.717, 1.165) is 41.0 Å². The molecular formula is C25H21FN4O. The van der Waals surface area contributed by atoms with E-state index in [1.807, 2.05) is 59.3 Å². The van der Waals surface area contributed by atoms with Crippen molar-refractivity contribution in [3.63, 3.8) is 0 Å². The number of amides is 1. The lowest BCUT2D eigenvalue weighted by Gasteiger charge is -2.06. The zero-order valence-electron chi connectivity index (χ0n) is 16.8. The lowest BCUT2D eigenvalue weighted by molar-refractivity contribution is -0.117. The highest BCUT2D eigenvalue weighted by atomic mass is 19.1. The fraction of sp³-hybridized carbons (Fsp3) is 0.160. The van der Waals surface area contributed by atoms with Crippen LogP contribution in [0.4, 0.5) is 10.1 Å². The molecule has 0 unspecified atom stereocenters. The molecule has 4 aromatic rings. The van der Waals surface area contributed by atoms with Crippen molar-refractivity contribution >= 4 is 11.6 Å². The Balaban J connectivity index is 1.45. The van der Waals surface area contributed by atoms with Crippen LogP contribution >= 0.6 is 0 Å². The van der Waals surface area contributed by atoms with Gasteiger partial charge in [-0.3, -0.25) is 4.79 Å². The van der Waals surface area contributed by atoms with Gasteiger partial charge in [-0.1, -0.05) is 42.5 Å². The molecule has 1 saturated carbocycles. The summed E-state index contributed by atoms with van der Waals surface area (Å²) >= 11 is 0. The molecule has 0 aliphatic heterocycles. The van der Waals surface area contributed by atoms with Gasteiger partial charge in [-0.2, -0.15) is 5.10 Å². The lowest BCUT2D eigenvalue weighted by atomic mass is 10.2. The van der Waals surface area contributed by atoms with Gasteiger partial charge in [0.15, 0.2) is 11.6 Å². The monoisotopic (exact) mass is 412 g/mol. The van der Waals surface area contributed by atoms with Crippen LogP contribution in [0.15, 0.2) is 78.9 Å². The van der Waals surface area contributed by atoms with Crippen LogP contribution < -0.4 is 5.32 Å². The minimum absolute atomic E-state index is 0.0841. The topological polar surface area (TPSA) is 59.8 Å². The molecule has 5 rings (SSSR count). The Morgan fingerprint density at radius 1 is 0.935 bits per heavy atom. The van der Waals surface area contributed by atoms with Gasteiger partial charge >= 0.3 is 0 Å². The number of hydrogen-bond donors (Lipinski definition) is 1. The van der Waals surface area contributed by atoms with Crippen molar-refractivity contribution in [3.05, 3.63) is 90.2 Å². The Hall–Kier alpha value is -3.80. The summed E-state index contributed by atoms with van der Waals surface area (Å²) in [5, 5.41) is 7.67. The van der Waals surface area contributed by atoms with Crippen molar-refractivity contribution in [2.45, 2.75) is 19.4 Å². The van der Waals surface area contributed by atoms with Crippen LogP contribution in [0.5, 0.6) is 0 Å². The number of carbonyl (C=O) groups is 1. The maximum absolute atomic E-state index is 13.3. The number of hydrogen-bond acceptors (Lipinski definition) is 3. The summed E-state index contributed by atoms with van der Waals surface area (Å²) in [5.41, 5.74) is 3.53. The van der Waals surface area contributed by atoms with Crippen molar-refractivity contribution in [1.82, 2.24) is 14.8 Å². The van der Waals surface area contributed by atoms with Crippen molar-refractivity contribution < 1.29 is 9.18 Å². The number of nitrogens with zero attached hydrogens (tertiary/aromatic N) is 3.